The van der Waals surface area contributed by atoms with Gasteiger partial charge in [-0.15, -0.1) is 23.2 Å². The van der Waals surface area contributed by atoms with Crippen molar-refractivity contribution in [2.45, 2.75) is 35.7 Å². The molecule has 1 fully saturated rings. The molecule has 0 saturated carbocycles. The predicted octanol–water partition coefficient (Wildman–Crippen LogP) is 4.79. The van der Waals surface area contributed by atoms with E-state index in [0.29, 0.717) is 33.6 Å². The number of rotatable bonds is 6. The van der Waals surface area contributed by atoms with E-state index in [1.807, 2.05) is 48.5 Å². The summed E-state index contributed by atoms with van der Waals surface area (Å²) in [7, 11) is 1.51. The molecule has 0 spiro atoms. The maximum Gasteiger partial charge on any atom is 0.329 e. The molecule has 0 N–H and O–H groups in total. The Morgan fingerprint density at radius 3 is 1.60 bits per heavy atom. The average Bonchev–Trinajstić information content (AvgIpc) is 3.25. The maximum atomic E-state index is 14.0. The number of hydrogen-bond acceptors (Lipinski definition) is 6. The Balaban J connectivity index is 1.32. The van der Waals surface area contributed by atoms with E-state index >= 15 is 0 Å². The Hall–Kier alpha value is -3.68. The Labute approximate surface area is 241 Å². The molecule has 4 aliphatic rings. The number of nitrogens with zero attached hydrogens (tertiary/aromatic N) is 1. The quantitative estimate of drug-likeness (QED) is 0.181. The molecule has 0 radical (unpaired) electrons. The van der Waals surface area contributed by atoms with Crippen molar-refractivity contribution in [2.75, 3.05) is 7.11 Å². The van der Waals surface area contributed by atoms with E-state index < -0.39 is 57.3 Å². The third kappa shape index (κ3) is 3.37. The van der Waals surface area contributed by atoms with Gasteiger partial charge in [-0.2, -0.15) is 0 Å². The number of carbonyl (C=O) groups is 4. The first-order chi connectivity index (χ1) is 19.1. The smallest absolute Gasteiger partial charge is 0.329 e. The van der Waals surface area contributed by atoms with Gasteiger partial charge in [-0.25, -0.2) is 4.79 Å². The Bertz CT molecular complexity index is 1460. The lowest BCUT2D eigenvalue weighted by atomic mass is 9.54. The van der Waals surface area contributed by atoms with Crippen LogP contribution in [0.1, 0.15) is 46.5 Å². The second-order valence-electron chi connectivity index (χ2n) is 10.4. The summed E-state index contributed by atoms with van der Waals surface area (Å²) in [5, 5.41) is 0. The zero-order valence-electron chi connectivity index (χ0n) is 21.9. The van der Waals surface area contributed by atoms with Gasteiger partial charge in [0.25, 0.3) is 0 Å². The standard InChI is InChI=1S/C31H25Cl2NO6/c1-16(29(38)40-17(2)26(35)18-12-14-19(39-3)15-13-18)34-27(36)24-25(28(34)37)31(33)21-9-5-4-8-20(21)30(24,32)22-10-6-7-11-23(22)31/h4-17,24-25H,1-3H3/t16-,17-,24-,25-,30?,31?/m0/s1. The number of amides is 2. The number of esters is 1. The molecule has 7 rings (SSSR count). The van der Waals surface area contributed by atoms with Crippen LogP contribution in [0.5, 0.6) is 5.75 Å². The number of halogens is 2. The van der Waals surface area contributed by atoms with E-state index in [0.717, 1.165) is 4.90 Å². The lowest BCUT2D eigenvalue weighted by Gasteiger charge is -2.54. The van der Waals surface area contributed by atoms with Crippen molar-refractivity contribution >= 4 is 46.8 Å². The fourth-order valence-corrected chi connectivity index (χ4v) is 7.59. The van der Waals surface area contributed by atoms with Gasteiger partial charge in [0.15, 0.2) is 6.10 Å². The van der Waals surface area contributed by atoms with Crippen LogP contribution in [-0.4, -0.2) is 47.7 Å². The maximum absolute atomic E-state index is 14.0. The van der Waals surface area contributed by atoms with Gasteiger partial charge in [0.2, 0.25) is 17.6 Å². The van der Waals surface area contributed by atoms with Crippen molar-refractivity contribution in [2.24, 2.45) is 11.8 Å². The fraction of sp³-hybridized carbons (Fsp3) is 0.290. The van der Waals surface area contributed by atoms with Gasteiger partial charge in [-0.05, 0) is 60.4 Å². The lowest BCUT2D eigenvalue weighted by molar-refractivity contribution is -0.159. The predicted molar refractivity (Wildman–Crippen MR) is 147 cm³/mol. The van der Waals surface area contributed by atoms with Gasteiger partial charge in [0, 0.05) is 5.56 Å². The summed E-state index contributed by atoms with van der Waals surface area (Å²) in [5.41, 5.74) is 3.01. The van der Waals surface area contributed by atoms with Crippen LogP contribution in [0.15, 0.2) is 72.8 Å². The van der Waals surface area contributed by atoms with Crippen LogP contribution >= 0.6 is 23.2 Å². The van der Waals surface area contributed by atoms with Crippen molar-refractivity contribution in [3.63, 3.8) is 0 Å². The van der Waals surface area contributed by atoms with E-state index in [1.165, 1.54) is 21.0 Å². The van der Waals surface area contributed by atoms with E-state index in [2.05, 4.69) is 0 Å². The van der Waals surface area contributed by atoms with E-state index in [9.17, 15) is 19.2 Å². The van der Waals surface area contributed by atoms with Gasteiger partial charge < -0.3 is 9.47 Å². The van der Waals surface area contributed by atoms with Crippen LogP contribution in [0.2, 0.25) is 0 Å². The molecule has 204 valence electrons. The number of hydrogen-bond donors (Lipinski definition) is 0. The fourth-order valence-electron chi connectivity index (χ4n) is 6.49. The molecule has 0 aromatic heterocycles. The first kappa shape index (κ1) is 26.5. The lowest BCUT2D eigenvalue weighted by Crippen LogP contribution is -2.57. The molecule has 40 heavy (non-hydrogen) atoms. The number of alkyl halides is 2. The van der Waals surface area contributed by atoms with Crippen molar-refractivity contribution < 1.29 is 28.7 Å². The first-order valence-corrected chi connectivity index (χ1v) is 13.7. The number of ketones is 1. The molecule has 3 aromatic carbocycles. The minimum absolute atomic E-state index is 0.327. The SMILES string of the molecule is COc1ccc(C(=O)[C@H](C)OC(=O)[C@H](C)N2C(=O)[C@@H]3[C@@H](C2=O)C2(Cl)c4ccccc4C3(Cl)c3ccccc32)cc1. The molecular weight excluding hydrogens is 553 g/mol. The second-order valence-corrected chi connectivity index (χ2v) is 11.6. The molecule has 4 atom stereocenters. The van der Waals surface area contributed by atoms with Crippen LogP contribution < -0.4 is 4.74 Å². The molecule has 3 aliphatic carbocycles. The molecule has 9 heteroatoms. The number of likely N-dealkylation sites (tertiary alicyclic amines) is 1. The van der Waals surface area contributed by atoms with Crippen LogP contribution in [0, 0.1) is 11.8 Å². The molecule has 3 aromatic rings. The molecule has 7 nitrogen and oxygen atoms in total. The van der Waals surface area contributed by atoms with Crippen molar-refractivity contribution in [3.8, 4) is 5.75 Å². The number of imide groups is 1. The molecule has 2 amide bonds. The monoisotopic (exact) mass is 577 g/mol. The minimum atomic E-state index is -1.35. The number of Topliss-reactive ketones (excluding diaryl/α,β-unsaturated/α-hetero) is 1. The minimum Gasteiger partial charge on any atom is -0.497 e. The topological polar surface area (TPSA) is 90.0 Å². The Morgan fingerprint density at radius 2 is 1.20 bits per heavy atom. The summed E-state index contributed by atoms with van der Waals surface area (Å²) in [4.78, 5) is 52.4. The number of benzene rings is 3. The third-order valence-electron chi connectivity index (χ3n) is 8.38. The van der Waals surface area contributed by atoms with Crippen LogP contribution in [0.3, 0.4) is 0 Å². The van der Waals surface area contributed by atoms with Gasteiger partial charge >= 0.3 is 5.97 Å². The zero-order chi connectivity index (χ0) is 28.6. The number of carbonyl (C=O) groups excluding carboxylic acids is 4. The third-order valence-corrected chi connectivity index (χ3v) is 9.67. The van der Waals surface area contributed by atoms with Crippen LogP contribution in [0.25, 0.3) is 0 Å². The average molecular weight is 578 g/mol. The summed E-state index contributed by atoms with van der Waals surface area (Å²) in [5.74, 6) is -4.00. The highest BCUT2D eigenvalue weighted by Gasteiger charge is 2.73. The Kier molecular flexibility index (Phi) is 6.09. The summed E-state index contributed by atoms with van der Waals surface area (Å²) in [6, 6.07) is 19.7. The van der Waals surface area contributed by atoms with Crippen molar-refractivity contribution in [3.05, 3.63) is 101 Å². The molecule has 1 aliphatic heterocycles. The highest BCUT2D eigenvalue weighted by Crippen LogP contribution is 2.69. The highest BCUT2D eigenvalue weighted by molar-refractivity contribution is 6.36. The van der Waals surface area contributed by atoms with Crippen molar-refractivity contribution in [1.82, 2.24) is 4.90 Å². The van der Waals surface area contributed by atoms with E-state index in [-0.39, 0.29) is 0 Å². The van der Waals surface area contributed by atoms with Gasteiger partial charge in [-0.3, -0.25) is 19.3 Å². The van der Waals surface area contributed by atoms with Gasteiger partial charge in [0.1, 0.15) is 21.5 Å². The van der Waals surface area contributed by atoms with Gasteiger partial charge in [0.05, 0.1) is 18.9 Å². The zero-order valence-corrected chi connectivity index (χ0v) is 23.4. The first-order valence-electron chi connectivity index (χ1n) is 12.9. The van der Waals surface area contributed by atoms with Crippen LogP contribution in [0.4, 0.5) is 0 Å². The van der Waals surface area contributed by atoms with Crippen LogP contribution in [-0.2, 0) is 28.9 Å². The molecule has 0 unspecified atom stereocenters. The second kappa shape index (κ2) is 9.18. The van der Waals surface area contributed by atoms with E-state index in [4.69, 9.17) is 32.7 Å². The van der Waals surface area contributed by atoms with Gasteiger partial charge in [-0.1, -0.05) is 48.5 Å². The van der Waals surface area contributed by atoms with E-state index in [1.54, 1.807) is 24.3 Å². The summed E-state index contributed by atoms with van der Waals surface area (Å²) >= 11 is 14.8. The largest absolute Gasteiger partial charge is 0.497 e. The normalized spacial score (nSPS) is 27.4. The molecular formula is C31H25Cl2NO6. The molecule has 2 bridgehead atoms. The number of ether oxygens (including phenoxy) is 2. The number of methoxy groups -OCH3 is 1. The highest BCUT2D eigenvalue weighted by atomic mass is 35.5. The molecule has 1 saturated heterocycles. The summed E-state index contributed by atoms with van der Waals surface area (Å²) < 4.78 is 10.6. The molecule has 1 heterocycles. The van der Waals surface area contributed by atoms with Crippen molar-refractivity contribution in [1.29, 1.82) is 0 Å². The summed E-state index contributed by atoms with van der Waals surface area (Å²) in [6.45, 7) is 2.85. The Morgan fingerprint density at radius 1 is 0.775 bits per heavy atom. The summed E-state index contributed by atoms with van der Waals surface area (Å²) in [6.07, 6.45) is -1.15.